The third-order valence-corrected chi connectivity index (χ3v) is 8.50. The molecule has 2 aliphatic rings. The van der Waals surface area contributed by atoms with E-state index in [1.54, 1.807) is 32.9 Å². The number of piperidine rings is 1. The maximum atomic E-state index is 14.2. The molecule has 0 aliphatic carbocycles. The van der Waals surface area contributed by atoms with Crippen LogP contribution in [0, 0.1) is 29.2 Å². The minimum absolute atomic E-state index is 0.0227. The first-order valence-corrected chi connectivity index (χ1v) is 16.0. The SMILES string of the molecule is CC(C)(C)OC(=O)C[C@H](NC(=O)C1CCC2CCC1N2C(=O)C(=O)Nc1ccccc1C(C)(C)C)C(=O)COc1c(F)c(F)cc(F)c1F. The van der Waals surface area contributed by atoms with E-state index in [1.807, 2.05) is 32.9 Å². The van der Waals surface area contributed by atoms with Crippen LogP contribution >= 0.6 is 0 Å². The van der Waals surface area contributed by atoms with Crippen LogP contribution in [0.4, 0.5) is 23.2 Å². The van der Waals surface area contributed by atoms with Gasteiger partial charge in [0.25, 0.3) is 0 Å². The molecule has 2 aromatic carbocycles. The fraction of sp³-hybridized carbons (Fsp3) is 0.514. The molecule has 0 saturated carbocycles. The average molecular weight is 692 g/mol. The number of hydrogen-bond acceptors (Lipinski definition) is 7. The van der Waals surface area contributed by atoms with E-state index in [0.29, 0.717) is 31.4 Å². The van der Waals surface area contributed by atoms with Crippen molar-refractivity contribution >= 4 is 35.2 Å². The Morgan fingerprint density at radius 3 is 2.12 bits per heavy atom. The summed E-state index contributed by atoms with van der Waals surface area (Å²) in [5, 5.41) is 5.20. The van der Waals surface area contributed by atoms with Crippen LogP contribution in [0.1, 0.15) is 79.2 Å². The Hall–Kier alpha value is -4.49. The number of para-hydroxylation sites is 1. The predicted molar refractivity (Wildman–Crippen MR) is 169 cm³/mol. The summed E-state index contributed by atoms with van der Waals surface area (Å²) in [6.45, 7) is 9.48. The van der Waals surface area contributed by atoms with Crippen LogP contribution in [0.3, 0.4) is 0 Å². The highest BCUT2D eigenvalue weighted by atomic mass is 19.2. The molecule has 3 unspecified atom stereocenters. The number of amides is 3. The minimum atomic E-state index is -1.87. The number of nitrogens with zero attached hydrogens (tertiary/aromatic N) is 1. The minimum Gasteiger partial charge on any atom is -0.479 e. The van der Waals surface area contributed by atoms with Crippen LogP contribution in [0.5, 0.6) is 5.75 Å². The number of halogens is 4. The second-order valence-corrected chi connectivity index (χ2v) is 14.3. The lowest BCUT2D eigenvalue weighted by molar-refractivity contribution is -0.156. The van der Waals surface area contributed by atoms with Crippen molar-refractivity contribution in [3.05, 3.63) is 59.2 Å². The summed E-state index contributed by atoms with van der Waals surface area (Å²) >= 11 is 0. The standard InChI is InChI=1S/C35H41F4N3O7/c1-34(2,3)20-9-7-8-10-23(20)40-32(46)33(47)42-18-11-13-19(25(42)14-12-18)31(45)41-24(16-27(44)49-35(4,5)6)26(43)17-48-30-28(38)21(36)15-22(37)29(30)39/h7-10,15,18-19,24-25H,11-14,16-17H2,1-6H3,(H,40,46)(H,41,45)/t18?,19?,24-,25?/m0/s1. The van der Waals surface area contributed by atoms with Crippen LogP contribution < -0.4 is 15.4 Å². The number of anilines is 1. The zero-order valence-electron chi connectivity index (χ0n) is 28.3. The summed E-state index contributed by atoms with van der Waals surface area (Å²) in [5.74, 6) is -13.9. The van der Waals surface area contributed by atoms with Gasteiger partial charge in [-0.1, -0.05) is 39.0 Å². The number of esters is 1. The molecule has 2 heterocycles. The smallest absolute Gasteiger partial charge is 0.313 e. The van der Waals surface area contributed by atoms with E-state index in [0.717, 1.165) is 5.56 Å². The largest absolute Gasteiger partial charge is 0.479 e. The van der Waals surface area contributed by atoms with E-state index in [9.17, 15) is 41.5 Å². The van der Waals surface area contributed by atoms with Crippen molar-refractivity contribution in [3.63, 3.8) is 0 Å². The molecular weight excluding hydrogens is 650 g/mol. The van der Waals surface area contributed by atoms with E-state index in [2.05, 4.69) is 10.6 Å². The molecule has 2 N–H and O–H groups in total. The van der Waals surface area contributed by atoms with Crippen molar-refractivity contribution in [2.45, 2.75) is 103 Å². The molecule has 0 spiro atoms. The molecule has 2 bridgehead atoms. The Morgan fingerprint density at radius 1 is 0.898 bits per heavy atom. The monoisotopic (exact) mass is 691 g/mol. The first-order chi connectivity index (χ1) is 22.8. The molecular formula is C35H41F4N3O7. The van der Waals surface area contributed by atoms with Gasteiger partial charge in [-0.05, 0) is 63.5 Å². The maximum absolute atomic E-state index is 14.2. The molecule has 2 fully saturated rings. The molecule has 10 nitrogen and oxygen atoms in total. The number of ether oxygens (including phenoxy) is 2. The van der Waals surface area contributed by atoms with Crippen molar-refractivity contribution in [2.24, 2.45) is 5.92 Å². The number of Topliss-reactive ketones (excluding diaryl/α,β-unsaturated/α-hetero) is 1. The van der Waals surface area contributed by atoms with Gasteiger partial charge in [0.05, 0.1) is 12.3 Å². The van der Waals surface area contributed by atoms with E-state index < -0.39 is 95.1 Å². The number of ketones is 1. The summed E-state index contributed by atoms with van der Waals surface area (Å²) in [4.78, 5) is 67.9. The van der Waals surface area contributed by atoms with Gasteiger partial charge in [0, 0.05) is 23.8 Å². The lowest BCUT2D eigenvalue weighted by Gasteiger charge is -2.39. The van der Waals surface area contributed by atoms with E-state index >= 15 is 0 Å². The van der Waals surface area contributed by atoms with Crippen molar-refractivity contribution in [1.82, 2.24) is 10.2 Å². The second-order valence-electron chi connectivity index (χ2n) is 14.3. The van der Waals surface area contributed by atoms with Gasteiger partial charge in [-0.25, -0.2) is 8.78 Å². The van der Waals surface area contributed by atoms with Crippen molar-refractivity contribution in [2.75, 3.05) is 11.9 Å². The normalized spacial score (nSPS) is 19.6. The van der Waals surface area contributed by atoms with Crippen LogP contribution in [0.2, 0.25) is 0 Å². The topological polar surface area (TPSA) is 131 Å². The van der Waals surface area contributed by atoms with Gasteiger partial charge in [0.1, 0.15) is 18.2 Å². The van der Waals surface area contributed by atoms with Crippen molar-refractivity contribution in [1.29, 1.82) is 0 Å². The molecule has 266 valence electrons. The summed E-state index contributed by atoms with van der Waals surface area (Å²) in [6, 6.07) is 4.50. The molecule has 49 heavy (non-hydrogen) atoms. The van der Waals surface area contributed by atoms with Gasteiger partial charge in [-0.3, -0.25) is 24.0 Å². The molecule has 2 aromatic rings. The number of carbonyl (C=O) groups is 5. The quantitative estimate of drug-likeness (QED) is 0.162. The number of benzene rings is 2. The lowest BCUT2D eigenvalue weighted by atomic mass is 9.86. The third-order valence-electron chi connectivity index (χ3n) is 8.50. The highest BCUT2D eigenvalue weighted by Crippen LogP contribution is 2.40. The Kier molecular flexibility index (Phi) is 11.1. The highest BCUT2D eigenvalue weighted by Gasteiger charge is 2.49. The van der Waals surface area contributed by atoms with Gasteiger partial charge in [-0.2, -0.15) is 8.78 Å². The van der Waals surface area contributed by atoms with Crippen molar-refractivity contribution < 1.29 is 51.0 Å². The fourth-order valence-corrected chi connectivity index (χ4v) is 6.31. The Labute approximate surface area is 281 Å². The molecule has 0 aromatic heterocycles. The number of hydrogen-bond donors (Lipinski definition) is 2. The van der Waals surface area contributed by atoms with Crippen LogP contribution in [-0.4, -0.2) is 64.7 Å². The van der Waals surface area contributed by atoms with Gasteiger partial charge in [-0.15, -0.1) is 0 Å². The molecule has 3 amide bonds. The fourth-order valence-electron chi connectivity index (χ4n) is 6.31. The maximum Gasteiger partial charge on any atom is 0.313 e. The Balaban J connectivity index is 1.51. The summed E-state index contributed by atoms with van der Waals surface area (Å²) in [7, 11) is 0. The predicted octanol–water partition coefficient (Wildman–Crippen LogP) is 5.11. The lowest BCUT2D eigenvalue weighted by Crippen LogP contribution is -2.56. The molecule has 4 rings (SSSR count). The summed E-state index contributed by atoms with van der Waals surface area (Å²) < 4.78 is 65.8. The molecule has 0 radical (unpaired) electrons. The Morgan fingerprint density at radius 2 is 1.51 bits per heavy atom. The number of fused-ring (bicyclic) bond motifs is 2. The van der Waals surface area contributed by atoms with E-state index in [-0.39, 0.29) is 17.5 Å². The Bertz CT molecular complexity index is 1610. The van der Waals surface area contributed by atoms with Crippen LogP contribution in [0.25, 0.3) is 0 Å². The van der Waals surface area contributed by atoms with Gasteiger partial charge in [0.2, 0.25) is 17.5 Å². The number of nitrogens with one attached hydrogen (secondary N) is 2. The molecule has 2 saturated heterocycles. The van der Waals surface area contributed by atoms with Crippen molar-refractivity contribution in [3.8, 4) is 5.75 Å². The van der Waals surface area contributed by atoms with Gasteiger partial charge < -0.3 is 25.0 Å². The highest BCUT2D eigenvalue weighted by molar-refractivity contribution is 6.39. The number of rotatable bonds is 9. The molecule has 2 aliphatic heterocycles. The molecule has 14 heteroatoms. The third kappa shape index (κ3) is 8.76. The summed E-state index contributed by atoms with van der Waals surface area (Å²) in [5.41, 5.74) is 0.0216. The van der Waals surface area contributed by atoms with Crippen LogP contribution in [0.15, 0.2) is 30.3 Å². The van der Waals surface area contributed by atoms with E-state index in [1.165, 1.54) is 4.90 Å². The van der Waals surface area contributed by atoms with E-state index in [4.69, 9.17) is 9.47 Å². The average Bonchev–Trinajstić information content (AvgIpc) is 3.29. The second kappa shape index (κ2) is 14.6. The van der Waals surface area contributed by atoms with Crippen LogP contribution in [-0.2, 0) is 34.1 Å². The molecule has 4 atom stereocenters. The summed E-state index contributed by atoms with van der Waals surface area (Å²) in [6.07, 6.45) is 0.942. The zero-order valence-corrected chi connectivity index (χ0v) is 28.3. The first-order valence-electron chi connectivity index (χ1n) is 16.0. The zero-order chi connectivity index (χ0) is 36.4. The first kappa shape index (κ1) is 37.3. The van der Waals surface area contributed by atoms with Gasteiger partial charge in [0.15, 0.2) is 23.2 Å². The van der Waals surface area contributed by atoms with Gasteiger partial charge >= 0.3 is 17.8 Å². The number of carbonyl (C=O) groups excluding carboxylic acids is 5.